The molecule has 3 rings (SSSR count). The van der Waals surface area contributed by atoms with Gasteiger partial charge in [-0.15, -0.1) is 0 Å². The number of benzene rings is 1. The summed E-state index contributed by atoms with van der Waals surface area (Å²) in [6, 6.07) is 5.20. The number of hydrogen-bond acceptors (Lipinski definition) is 3. The summed E-state index contributed by atoms with van der Waals surface area (Å²) < 4.78 is 0. The van der Waals surface area contributed by atoms with E-state index in [-0.39, 0.29) is 18.0 Å². The van der Waals surface area contributed by atoms with Crippen molar-refractivity contribution in [2.24, 2.45) is 0 Å². The summed E-state index contributed by atoms with van der Waals surface area (Å²) in [5.41, 5.74) is 1.18. The summed E-state index contributed by atoms with van der Waals surface area (Å²) in [5.74, 6) is -0.114. The van der Waals surface area contributed by atoms with Gasteiger partial charge < -0.3 is 15.5 Å². The maximum absolute atomic E-state index is 12.7. The van der Waals surface area contributed by atoms with Gasteiger partial charge in [-0.25, -0.2) is 4.79 Å². The average molecular weight is 336 g/mol. The second-order valence-electron chi connectivity index (χ2n) is 5.55. The molecule has 0 bridgehead atoms. The van der Waals surface area contributed by atoms with Crippen molar-refractivity contribution in [2.45, 2.75) is 18.9 Å². The maximum atomic E-state index is 12.7. The SMILES string of the molecule is CNC(=O)NC1CCN(C(=O)c2n[nH]c3ccc(Cl)cc23)CC1. The first-order chi connectivity index (χ1) is 11.1. The molecule has 1 aliphatic heterocycles. The van der Waals surface area contributed by atoms with E-state index in [1.54, 1.807) is 30.1 Å². The van der Waals surface area contributed by atoms with E-state index >= 15 is 0 Å². The summed E-state index contributed by atoms with van der Waals surface area (Å²) in [6.07, 6.45) is 1.45. The van der Waals surface area contributed by atoms with Gasteiger partial charge in [-0.05, 0) is 31.0 Å². The molecule has 1 aromatic carbocycles. The molecule has 0 unspecified atom stereocenters. The Morgan fingerprint density at radius 3 is 2.78 bits per heavy atom. The summed E-state index contributed by atoms with van der Waals surface area (Å²) in [5, 5.41) is 13.7. The molecular weight excluding hydrogens is 318 g/mol. The van der Waals surface area contributed by atoms with Gasteiger partial charge in [0.15, 0.2) is 5.69 Å². The first-order valence-electron chi connectivity index (χ1n) is 7.49. The molecule has 2 heterocycles. The Morgan fingerprint density at radius 1 is 1.35 bits per heavy atom. The van der Waals surface area contributed by atoms with Crippen molar-refractivity contribution in [2.75, 3.05) is 20.1 Å². The first kappa shape index (κ1) is 15.6. The Hall–Kier alpha value is -2.28. The molecule has 1 aromatic heterocycles. The van der Waals surface area contributed by atoms with Gasteiger partial charge in [0.25, 0.3) is 5.91 Å². The van der Waals surface area contributed by atoms with Crippen LogP contribution in [0.5, 0.6) is 0 Å². The number of aromatic amines is 1. The van der Waals surface area contributed by atoms with Crippen LogP contribution in [0, 0.1) is 0 Å². The average Bonchev–Trinajstić information content (AvgIpc) is 2.97. The summed E-state index contributed by atoms with van der Waals surface area (Å²) in [6.45, 7) is 1.17. The van der Waals surface area contributed by atoms with Crippen molar-refractivity contribution < 1.29 is 9.59 Å². The van der Waals surface area contributed by atoms with E-state index in [1.165, 1.54) is 0 Å². The molecule has 0 atom stereocenters. The molecule has 0 saturated carbocycles. The van der Waals surface area contributed by atoms with Crippen LogP contribution in [0.3, 0.4) is 0 Å². The third-order valence-corrected chi connectivity index (χ3v) is 4.31. The van der Waals surface area contributed by atoms with Crippen LogP contribution in [0.25, 0.3) is 10.9 Å². The largest absolute Gasteiger partial charge is 0.341 e. The topological polar surface area (TPSA) is 90.1 Å². The maximum Gasteiger partial charge on any atom is 0.314 e. The number of likely N-dealkylation sites (tertiary alicyclic amines) is 1. The van der Waals surface area contributed by atoms with Crippen molar-refractivity contribution in [3.63, 3.8) is 0 Å². The first-order valence-corrected chi connectivity index (χ1v) is 7.87. The van der Waals surface area contributed by atoms with Gasteiger partial charge in [-0.3, -0.25) is 9.89 Å². The van der Waals surface area contributed by atoms with Gasteiger partial charge in [0.1, 0.15) is 0 Å². The smallest absolute Gasteiger partial charge is 0.314 e. The van der Waals surface area contributed by atoms with Crippen LogP contribution in [0.2, 0.25) is 5.02 Å². The fourth-order valence-corrected chi connectivity index (χ4v) is 2.96. The van der Waals surface area contributed by atoms with Crippen LogP contribution < -0.4 is 10.6 Å². The van der Waals surface area contributed by atoms with E-state index in [2.05, 4.69) is 20.8 Å². The Balaban J connectivity index is 1.69. The van der Waals surface area contributed by atoms with Crippen LogP contribution in [0.15, 0.2) is 18.2 Å². The molecule has 0 spiro atoms. The summed E-state index contributed by atoms with van der Waals surface area (Å²) in [4.78, 5) is 25.8. The normalized spacial score (nSPS) is 15.7. The second-order valence-corrected chi connectivity index (χ2v) is 5.99. The zero-order valence-electron chi connectivity index (χ0n) is 12.7. The molecule has 1 aliphatic rings. The highest BCUT2D eigenvalue weighted by molar-refractivity contribution is 6.31. The van der Waals surface area contributed by atoms with Crippen LogP contribution in [0.1, 0.15) is 23.3 Å². The minimum atomic E-state index is -0.192. The fourth-order valence-electron chi connectivity index (χ4n) is 2.78. The summed E-state index contributed by atoms with van der Waals surface area (Å²) in [7, 11) is 1.59. The lowest BCUT2D eigenvalue weighted by molar-refractivity contribution is 0.0704. The minimum Gasteiger partial charge on any atom is -0.341 e. The van der Waals surface area contributed by atoms with Crippen molar-refractivity contribution in [1.82, 2.24) is 25.7 Å². The number of urea groups is 1. The Morgan fingerprint density at radius 2 is 2.09 bits per heavy atom. The lowest BCUT2D eigenvalue weighted by Crippen LogP contribution is -2.48. The predicted octanol–water partition coefficient (Wildman–Crippen LogP) is 1.75. The van der Waals surface area contributed by atoms with Gasteiger partial charge in [0.2, 0.25) is 0 Å². The number of H-pyrrole nitrogens is 1. The Bertz CT molecular complexity index is 737. The van der Waals surface area contributed by atoms with Crippen LogP contribution in [-0.2, 0) is 0 Å². The van der Waals surface area contributed by atoms with Crippen molar-refractivity contribution >= 4 is 34.4 Å². The number of carbonyl (C=O) groups is 2. The van der Waals surface area contributed by atoms with Gasteiger partial charge >= 0.3 is 6.03 Å². The molecule has 3 amide bonds. The zero-order valence-corrected chi connectivity index (χ0v) is 13.5. The molecule has 7 nitrogen and oxygen atoms in total. The van der Waals surface area contributed by atoms with E-state index < -0.39 is 0 Å². The van der Waals surface area contributed by atoms with Gasteiger partial charge in [-0.1, -0.05) is 11.6 Å². The molecular formula is C15H18ClN5O2. The van der Waals surface area contributed by atoms with Gasteiger partial charge in [-0.2, -0.15) is 5.10 Å². The number of piperidine rings is 1. The highest BCUT2D eigenvalue weighted by Gasteiger charge is 2.26. The number of nitrogens with zero attached hydrogens (tertiary/aromatic N) is 2. The molecule has 8 heteroatoms. The number of aromatic nitrogens is 2. The minimum absolute atomic E-state index is 0.0874. The molecule has 1 saturated heterocycles. The number of rotatable bonds is 2. The van der Waals surface area contributed by atoms with E-state index in [9.17, 15) is 9.59 Å². The quantitative estimate of drug-likeness (QED) is 0.781. The molecule has 23 heavy (non-hydrogen) atoms. The van der Waals surface area contributed by atoms with E-state index in [4.69, 9.17) is 11.6 Å². The van der Waals surface area contributed by atoms with E-state index in [0.717, 1.165) is 23.7 Å². The third kappa shape index (κ3) is 3.24. The Labute approximate surface area is 138 Å². The van der Waals surface area contributed by atoms with Gasteiger partial charge in [0, 0.05) is 36.6 Å². The van der Waals surface area contributed by atoms with E-state index in [0.29, 0.717) is 23.8 Å². The third-order valence-electron chi connectivity index (χ3n) is 4.07. The lowest BCUT2D eigenvalue weighted by atomic mass is 10.0. The number of amides is 3. The molecule has 2 aromatic rings. The van der Waals surface area contributed by atoms with Gasteiger partial charge in [0.05, 0.1) is 5.52 Å². The fraction of sp³-hybridized carbons (Fsp3) is 0.400. The number of fused-ring (bicyclic) bond motifs is 1. The van der Waals surface area contributed by atoms with Crippen molar-refractivity contribution in [3.8, 4) is 0 Å². The standard InChI is InChI=1S/C15H18ClN5O2/c1-17-15(23)18-10-4-6-21(7-5-10)14(22)13-11-8-9(16)2-3-12(11)19-20-13/h2-3,8,10H,4-7H2,1H3,(H,19,20)(H2,17,18,23). The predicted molar refractivity (Wildman–Crippen MR) is 87.6 cm³/mol. The van der Waals surface area contributed by atoms with Crippen LogP contribution in [0.4, 0.5) is 4.79 Å². The van der Waals surface area contributed by atoms with Crippen LogP contribution >= 0.6 is 11.6 Å². The number of hydrogen-bond donors (Lipinski definition) is 3. The van der Waals surface area contributed by atoms with Crippen molar-refractivity contribution in [3.05, 3.63) is 28.9 Å². The molecule has 1 fully saturated rings. The molecule has 0 radical (unpaired) electrons. The van der Waals surface area contributed by atoms with E-state index in [1.807, 2.05) is 0 Å². The molecule has 0 aliphatic carbocycles. The summed E-state index contributed by atoms with van der Waals surface area (Å²) >= 11 is 6.01. The zero-order chi connectivity index (χ0) is 16.4. The number of halogens is 1. The lowest BCUT2D eigenvalue weighted by Gasteiger charge is -2.31. The highest BCUT2D eigenvalue weighted by atomic mass is 35.5. The molecule has 3 N–H and O–H groups in total. The monoisotopic (exact) mass is 335 g/mol. The second kappa shape index (κ2) is 6.45. The number of carbonyl (C=O) groups excluding carboxylic acids is 2. The van der Waals surface area contributed by atoms with Crippen molar-refractivity contribution in [1.29, 1.82) is 0 Å². The Kier molecular flexibility index (Phi) is 4.38. The molecule has 122 valence electrons. The van der Waals surface area contributed by atoms with Crippen LogP contribution in [-0.4, -0.2) is 53.2 Å². The number of nitrogens with one attached hydrogen (secondary N) is 3. The highest BCUT2D eigenvalue weighted by Crippen LogP contribution is 2.23.